The van der Waals surface area contributed by atoms with Crippen LogP contribution in [0.25, 0.3) is 11.5 Å². The van der Waals surface area contributed by atoms with Crippen LogP contribution in [0.15, 0.2) is 28.8 Å². The van der Waals surface area contributed by atoms with Gasteiger partial charge in [-0.05, 0) is 19.1 Å². The maximum absolute atomic E-state index is 8.77. The number of aliphatic hydroxyl groups excluding tert-OH is 1. The normalized spacial score (nSPS) is 10.4. The molecular formula is C10H10N2O2. The van der Waals surface area contributed by atoms with Crippen LogP contribution in [0, 0.1) is 6.92 Å². The first-order chi connectivity index (χ1) is 6.79. The summed E-state index contributed by atoms with van der Waals surface area (Å²) >= 11 is 0. The molecule has 4 nitrogen and oxygen atoms in total. The summed E-state index contributed by atoms with van der Waals surface area (Å²) in [4.78, 5) is 4.01. The van der Waals surface area contributed by atoms with Gasteiger partial charge in [0.1, 0.15) is 6.61 Å². The Morgan fingerprint density at radius 2 is 2.29 bits per heavy atom. The van der Waals surface area contributed by atoms with Gasteiger partial charge in [-0.15, -0.1) is 0 Å². The SMILES string of the molecule is Cc1cccc(-c2nc(CO)no2)c1. The van der Waals surface area contributed by atoms with Gasteiger partial charge in [-0.1, -0.05) is 22.9 Å². The number of nitrogens with zero attached hydrogens (tertiary/aromatic N) is 2. The van der Waals surface area contributed by atoms with E-state index >= 15 is 0 Å². The van der Waals surface area contributed by atoms with Gasteiger partial charge >= 0.3 is 0 Å². The molecule has 1 aromatic carbocycles. The molecule has 0 spiro atoms. The van der Waals surface area contributed by atoms with E-state index in [0.717, 1.165) is 11.1 Å². The minimum absolute atomic E-state index is 0.199. The molecule has 0 bridgehead atoms. The molecule has 2 aromatic rings. The predicted octanol–water partition coefficient (Wildman–Crippen LogP) is 1.54. The summed E-state index contributed by atoms with van der Waals surface area (Å²) in [6.07, 6.45) is 0. The molecule has 0 aliphatic heterocycles. The second kappa shape index (κ2) is 3.59. The molecule has 2 rings (SSSR count). The molecule has 0 radical (unpaired) electrons. The van der Waals surface area contributed by atoms with Gasteiger partial charge in [0.15, 0.2) is 5.82 Å². The van der Waals surface area contributed by atoms with Gasteiger partial charge in [-0.3, -0.25) is 0 Å². The van der Waals surface area contributed by atoms with Gasteiger partial charge in [0.05, 0.1) is 0 Å². The van der Waals surface area contributed by atoms with E-state index in [1.165, 1.54) is 0 Å². The lowest BCUT2D eigenvalue weighted by molar-refractivity contribution is 0.264. The fourth-order valence-corrected chi connectivity index (χ4v) is 1.21. The number of benzene rings is 1. The van der Waals surface area contributed by atoms with Gasteiger partial charge in [0, 0.05) is 5.56 Å². The van der Waals surface area contributed by atoms with Gasteiger partial charge in [0.25, 0.3) is 5.89 Å². The minimum atomic E-state index is -0.199. The highest BCUT2D eigenvalue weighted by molar-refractivity contribution is 5.53. The van der Waals surface area contributed by atoms with Crippen LogP contribution in [-0.2, 0) is 6.61 Å². The smallest absolute Gasteiger partial charge is 0.258 e. The molecule has 1 aromatic heterocycles. The van der Waals surface area contributed by atoms with E-state index in [-0.39, 0.29) is 6.61 Å². The maximum Gasteiger partial charge on any atom is 0.258 e. The summed E-state index contributed by atoms with van der Waals surface area (Å²) in [5.41, 5.74) is 2.00. The second-order valence-electron chi connectivity index (χ2n) is 3.04. The van der Waals surface area contributed by atoms with Crippen LogP contribution in [0.3, 0.4) is 0 Å². The number of hydrogen-bond donors (Lipinski definition) is 1. The van der Waals surface area contributed by atoms with Crippen LogP contribution in [0.5, 0.6) is 0 Å². The van der Waals surface area contributed by atoms with E-state index in [0.29, 0.717) is 11.7 Å². The van der Waals surface area contributed by atoms with Gasteiger partial charge in [-0.25, -0.2) is 0 Å². The van der Waals surface area contributed by atoms with Crippen molar-refractivity contribution in [2.24, 2.45) is 0 Å². The predicted molar refractivity (Wildman–Crippen MR) is 50.4 cm³/mol. The zero-order valence-corrected chi connectivity index (χ0v) is 7.77. The molecule has 0 unspecified atom stereocenters. The van der Waals surface area contributed by atoms with Crippen LogP contribution in [0.2, 0.25) is 0 Å². The molecule has 0 fully saturated rings. The van der Waals surface area contributed by atoms with Crippen LogP contribution in [-0.4, -0.2) is 15.2 Å². The number of rotatable bonds is 2. The Morgan fingerprint density at radius 3 is 2.93 bits per heavy atom. The first-order valence-electron chi connectivity index (χ1n) is 4.30. The Hall–Kier alpha value is -1.68. The summed E-state index contributed by atoms with van der Waals surface area (Å²) < 4.78 is 4.98. The Bertz CT molecular complexity index is 437. The summed E-state index contributed by atoms with van der Waals surface area (Å²) in [5, 5.41) is 12.4. The fraction of sp³-hybridized carbons (Fsp3) is 0.200. The molecule has 0 saturated heterocycles. The van der Waals surface area contributed by atoms with Gasteiger partial charge in [-0.2, -0.15) is 4.98 Å². The van der Waals surface area contributed by atoms with E-state index in [9.17, 15) is 0 Å². The third-order valence-corrected chi connectivity index (χ3v) is 1.87. The Kier molecular flexibility index (Phi) is 2.28. The highest BCUT2D eigenvalue weighted by Gasteiger charge is 2.07. The average Bonchev–Trinajstić information content (AvgIpc) is 2.66. The molecular weight excluding hydrogens is 180 g/mol. The van der Waals surface area contributed by atoms with Crippen molar-refractivity contribution in [2.75, 3.05) is 0 Å². The third kappa shape index (κ3) is 1.65. The van der Waals surface area contributed by atoms with Crippen molar-refractivity contribution in [2.45, 2.75) is 13.5 Å². The molecule has 0 aliphatic rings. The Balaban J connectivity index is 2.39. The summed E-state index contributed by atoms with van der Waals surface area (Å²) in [6.45, 7) is 1.79. The first-order valence-corrected chi connectivity index (χ1v) is 4.30. The topological polar surface area (TPSA) is 59.2 Å². The number of aliphatic hydroxyl groups is 1. The highest BCUT2D eigenvalue weighted by atomic mass is 16.5. The van der Waals surface area contributed by atoms with Crippen molar-refractivity contribution in [1.82, 2.24) is 10.1 Å². The van der Waals surface area contributed by atoms with E-state index in [1.54, 1.807) is 0 Å². The molecule has 14 heavy (non-hydrogen) atoms. The largest absolute Gasteiger partial charge is 0.388 e. The Morgan fingerprint density at radius 1 is 1.43 bits per heavy atom. The zero-order chi connectivity index (χ0) is 9.97. The lowest BCUT2D eigenvalue weighted by Crippen LogP contribution is -1.85. The second-order valence-corrected chi connectivity index (χ2v) is 3.04. The van der Waals surface area contributed by atoms with Crippen molar-refractivity contribution in [3.8, 4) is 11.5 Å². The van der Waals surface area contributed by atoms with Gasteiger partial charge in [0.2, 0.25) is 0 Å². The summed E-state index contributed by atoms with van der Waals surface area (Å²) in [7, 11) is 0. The van der Waals surface area contributed by atoms with E-state index in [2.05, 4.69) is 10.1 Å². The monoisotopic (exact) mass is 190 g/mol. The number of aromatic nitrogens is 2. The molecule has 0 aliphatic carbocycles. The van der Waals surface area contributed by atoms with Crippen LogP contribution < -0.4 is 0 Å². The molecule has 0 amide bonds. The average molecular weight is 190 g/mol. The van der Waals surface area contributed by atoms with Crippen molar-refractivity contribution in [3.63, 3.8) is 0 Å². The van der Waals surface area contributed by atoms with Crippen LogP contribution >= 0.6 is 0 Å². The highest BCUT2D eigenvalue weighted by Crippen LogP contribution is 2.17. The molecule has 1 N–H and O–H groups in total. The molecule has 0 atom stereocenters. The van der Waals surface area contributed by atoms with E-state index in [4.69, 9.17) is 9.63 Å². The summed E-state index contributed by atoms with van der Waals surface area (Å²) in [6, 6.07) is 7.76. The molecule has 72 valence electrons. The lowest BCUT2D eigenvalue weighted by Gasteiger charge is -1.94. The Labute approximate surface area is 81.2 Å². The molecule has 0 saturated carbocycles. The van der Waals surface area contributed by atoms with Crippen LogP contribution in [0.1, 0.15) is 11.4 Å². The third-order valence-electron chi connectivity index (χ3n) is 1.87. The van der Waals surface area contributed by atoms with Crippen molar-refractivity contribution in [1.29, 1.82) is 0 Å². The van der Waals surface area contributed by atoms with Gasteiger partial charge < -0.3 is 9.63 Å². The maximum atomic E-state index is 8.77. The quantitative estimate of drug-likeness (QED) is 0.780. The van der Waals surface area contributed by atoms with E-state index in [1.807, 2.05) is 31.2 Å². The minimum Gasteiger partial charge on any atom is -0.388 e. The molecule has 1 heterocycles. The lowest BCUT2D eigenvalue weighted by atomic mass is 10.1. The van der Waals surface area contributed by atoms with Crippen molar-refractivity contribution < 1.29 is 9.63 Å². The number of aryl methyl sites for hydroxylation is 1. The van der Waals surface area contributed by atoms with Crippen molar-refractivity contribution in [3.05, 3.63) is 35.7 Å². The van der Waals surface area contributed by atoms with E-state index < -0.39 is 0 Å². The first kappa shape index (κ1) is 8.90. The number of hydrogen-bond acceptors (Lipinski definition) is 4. The van der Waals surface area contributed by atoms with Crippen molar-refractivity contribution >= 4 is 0 Å². The zero-order valence-electron chi connectivity index (χ0n) is 7.77. The van der Waals surface area contributed by atoms with Crippen LogP contribution in [0.4, 0.5) is 0 Å². The fourth-order valence-electron chi connectivity index (χ4n) is 1.21. The summed E-state index contributed by atoms with van der Waals surface area (Å²) in [5.74, 6) is 0.749. The molecule has 4 heteroatoms. The standard InChI is InChI=1S/C10H10N2O2/c1-7-3-2-4-8(5-7)10-11-9(6-13)12-14-10/h2-5,13H,6H2,1H3.